The van der Waals surface area contributed by atoms with Gasteiger partial charge in [0.15, 0.2) is 0 Å². The number of aliphatic hydroxyl groups excluding tert-OH is 5. The minimum absolute atomic E-state index is 0.365. The van der Waals surface area contributed by atoms with Gasteiger partial charge in [0.25, 0.3) is 0 Å². The van der Waals surface area contributed by atoms with E-state index in [2.05, 4.69) is 0 Å². The average Bonchev–Trinajstić information content (AvgIpc) is 2.29. The van der Waals surface area contributed by atoms with Crippen LogP contribution in [-0.2, 0) is 9.59 Å². The lowest BCUT2D eigenvalue weighted by atomic mass is 10.4. The van der Waals surface area contributed by atoms with Crippen LogP contribution < -0.4 is 0 Å². The highest BCUT2D eigenvalue weighted by atomic mass is 16.4. The molecule has 0 amide bonds. The van der Waals surface area contributed by atoms with Crippen LogP contribution in [0, 0.1) is 0 Å². The lowest BCUT2D eigenvalue weighted by Crippen LogP contribution is -2.15. The fourth-order valence-electron chi connectivity index (χ4n) is 0.0577. The molecule has 0 aliphatic rings. The van der Waals surface area contributed by atoms with Crippen molar-refractivity contribution in [1.29, 1.82) is 0 Å². The maximum atomic E-state index is 9.45. The third kappa shape index (κ3) is 24.1. The molecule has 0 rings (SSSR count). The van der Waals surface area contributed by atoms with E-state index < -0.39 is 30.3 Å². The number of carbonyl (C=O) groups is 2. The number of aliphatic hydroxyl groups is 5. The standard InChI is InChI=1S/C3H8O3.2C3H6O3/c4-1-3(6)2-5;2*1-2(4)3(5)6/h3-6H,1-2H2;2*2,4H,1H3,(H,5,6). The number of hydrogen-bond acceptors (Lipinski definition) is 7. The van der Waals surface area contributed by atoms with Crippen molar-refractivity contribution < 1.29 is 45.3 Å². The lowest BCUT2D eigenvalue weighted by Gasteiger charge is -1.96. The van der Waals surface area contributed by atoms with Gasteiger partial charge in [0.2, 0.25) is 0 Å². The van der Waals surface area contributed by atoms with Crippen molar-refractivity contribution in [1.82, 2.24) is 0 Å². The van der Waals surface area contributed by atoms with Crippen LogP contribution >= 0.6 is 0 Å². The Balaban J connectivity index is -0.000000187. The predicted molar refractivity (Wildman–Crippen MR) is 58.8 cm³/mol. The molecule has 0 aromatic rings. The molecule has 0 bridgehead atoms. The zero-order chi connectivity index (χ0) is 15.3. The summed E-state index contributed by atoms with van der Waals surface area (Å²) in [6, 6.07) is 0. The number of carboxylic acids is 2. The molecule has 0 heterocycles. The van der Waals surface area contributed by atoms with Crippen molar-refractivity contribution in [2.45, 2.75) is 32.2 Å². The van der Waals surface area contributed by atoms with Crippen LogP contribution in [0.1, 0.15) is 13.8 Å². The van der Waals surface area contributed by atoms with Crippen molar-refractivity contribution in [2.24, 2.45) is 0 Å². The van der Waals surface area contributed by atoms with Gasteiger partial charge in [-0.1, -0.05) is 0 Å². The van der Waals surface area contributed by atoms with E-state index in [9.17, 15) is 9.59 Å². The first-order valence-electron chi connectivity index (χ1n) is 4.81. The van der Waals surface area contributed by atoms with Gasteiger partial charge in [-0.2, -0.15) is 0 Å². The molecule has 110 valence electrons. The lowest BCUT2D eigenvalue weighted by molar-refractivity contribution is -0.146. The first-order chi connectivity index (χ1) is 8.09. The quantitative estimate of drug-likeness (QED) is 0.285. The van der Waals surface area contributed by atoms with Crippen molar-refractivity contribution in [2.75, 3.05) is 13.2 Å². The van der Waals surface area contributed by atoms with E-state index in [1.807, 2.05) is 0 Å². The smallest absolute Gasteiger partial charge is 0.332 e. The Labute approximate surface area is 104 Å². The van der Waals surface area contributed by atoms with Crippen molar-refractivity contribution in [3.63, 3.8) is 0 Å². The van der Waals surface area contributed by atoms with Gasteiger partial charge in [0.05, 0.1) is 13.2 Å². The van der Waals surface area contributed by atoms with E-state index in [0.29, 0.717) is 0 Å². The molecule has 0 aromatic heterocycles. The zero-order valence-electron chi connectivity index (χ0n) is 10.1. The maximum Gasteiger partial charge on any atom is 0.332 e. The second-order valence-corrected chi connectivity index (χ2v) is 3.05. The van der Waals surface area contributed by atoms with E-state index in [1.54, 1.807) is 0 Å². The Bertz CT molecular complexity index is 192. The highest BCUT2D eigenvalue weighted by Crippen LogP contribution is 1.74. The van der Waals surface area contributed by atoms with Crippen molar-refractivity contribution >= 4 is 11.9 Å². The summed E-state index contributed by atoms with van der Waals surface area (Å²) in [5.74, 6) is -2.37. The van der Waals surface area contributed by atoms with Gasteiger partial charge >= 0.3 is 11.9 Å². The van der Waals surface area contributed by atoms with E-state index in [1.165, 1.54) is 13.8 Å². The number of aliphatic carboxylic acids is 2. The summed E-state index contributed by atoms with van der Waals surface area (Å²) in [6.07, 6.45) is -3.42. The Morgan fingerprint density at radius 3 is 1.00 bits per heavy atom. The van der Waals surface area contributed by atoms with Crippen LogP contribution in [0.3, 0.4) is 0 Å². The van der Waals surface area contributed by atoms with Gasteiger partial charge in [-0.05, 0) is 13.8 Å². The van der Waals surface area contributed by atoms with Crippen LogP contribution in [0.15, 0.2) is 0 Å². The van der Waals surface area contributed by atoms with Gasteiger partial charge in [0.1, 0.15) is 18.3 Å². The summed E-state index contributed by atoms with van der Waals surface area (Å²) >= 11 is 0. The molecule has 2 unspecified atom stereocenters. The summed E-state index contributed by atoms with van der Waals surface area (Å²) in [5.41, 5.74) is 0. The largest absolute Gasteiger partial charge is 0.479 e. The Morgan fingerprint density at radius 1 is 0.833 bits per heavy atom. The zero-order valence-corrected chi connectivity index (χ0v) is 10.1. The third-order valence-corrected chi connectivity index (χ3v) is 1.14. The molecule has 0 saturated carbocycles. The van der Waals surface area contributed by atoms with Crippen LogP contribution in [0.25, 0.3) is 0 Å². The van der Waals surface area contributed by atoms with Gasteiger partial charge in [0, 0.05) is 0 Å². The summed E-state index contributed by atoms with van der Waals surface area (Å²) < 4.78 is 0. The molecule has 0 saturated heterocycles. The Kier molecular flexibility index (Phi) is 16.8. The molecule has 0 fully saturated rings. The molecule has 0 aliphatic carbocycles. The minimum Gasteiger partial charge on any atom is -0.479 e. The van der Waals surface area contributed by atoms with Gasteiger partial charge < -0.3 is 35.7 Å². The molecule has 7 N–H and O–H groups in total. The average molecular weight is 272 g/mol. The van der Waals surface area contributed by atoms with E-state index >= 15 is 0 Å². The molecule has 18 heavy (non-hydrogen) atoms. The summed E-state index contributed by atoms with van der Waals surface area (Å²) in [6.45, 7) is 1.66. The van der Waals surface area contributed by atoms with E-state index in [-0.39, 0.29) is 13.2 Å². The van der Waals surface area contributed by atoms with Gasteiger partial charge in [-0.15, -0.1) is 0 Å². The SMILES string of the molecule is CC(O)C(=O)O.CC(O)C(=O)O.OCC(O)CO. The highest BCUT2D eigenvalue weighted by Gasteiger charge is 2.02. The van der Waals surface area contributed by atoms with Crippen molar-refractivity contribution in [3.8, 4) is 0 Å². The topological polar surface area (TPSA) is 176 Å². The van der Waals surface area contributed by atoms with E-state index in [4.69, 9.17) is 35.7 Å². The molecule has 0 radical (unpaired) electrons. The molecule has 0 aliphatic heterocycles. The molecule has 9 nitrogen and oxygen atoms in total. The fourth-order valence-corrected chi connectivity index (χ4v) is 0.0577. The maximum absolute atomic E-state index is 9.45. The third-order valence-electron chi connectivity index (χ3n) is 1.14. The number of rotatable bonds is 4. The first kappa shape index (κ1) is 22.0. The fraction of sp³-hybridized carbons (Fsp3) is 0.778. The molecular formula is C9H20O9. The summed E-state index contributed by atoms with van der Waals surface area (Å²) in [5, 5.41) is 55.6. The van der Waals surface area contributed by atoms with Crippen molar-refractivity contribution in [3.05, 3.63) is 0 Å². The van der Waals surface area contributed by atoms with Crippen LogP contribution in [0.5, 0.6) is 0 Å². The molecule has 0 spiro atoms. The number of hydrogen-bond donors (Lipinski definition) is 7. The normalized spacial score (nSPS) is 12.4. The van der Waals surface area contributed by atoms with Crippen LogP contribution in [-0.4, -0.2) is 79.2 Å². The monoisotopic (exact) mass is 272 g/mol. The van der Waals surface area contributed by atoms with E-state index in [0.717, 1.165) is 0 Å². The van der Waals surface area contributed by atoms with Crippen LogP contribution in [0.2, 0.25) is 0 Å². The van der Waals surface area contributed by atoms with Gasteiger partial charge in [-0.25, -0.2) is 9.59 Å². The minimum atomic E-state index is -1.23. The Morgan fingerprint density at radius 2 is 1.00 bits per heavy atom. The molecule has 9 heteroatoms. The summed E-state index contributed by atoms with van der Waals surface area (Å²) in [4.78, 5) is 18.9. The Hall–Kier alpha value is -1.26. The molecule has 2 atom stereocenters. The summed E-state index contributed by atoms with van der Waals surface area (Å²) in [7, 11) is 0. The molecular weight excluding hydrogens is 252 g/mol. The highest BCUT2D eigenvalue weighted by molar-refractivity contribution is 5.71. The molecule has 0 aromatic carbocycles. The second-order valence-electron chi connectivity index (χ2n) is 3.05. The number of carboxylic acid groups (broad SMARTS) is 2. The predicted octanol–water partition coefficient (Wildman–Crippen LogP) is -2.76. The van der Waals surface area contributed by atoms with Gasteiger partial charge in [-0.3, -0.25) is 0 Å². The first-order valence-corrected chi connectivity index (χ1v) is 4.81. The second kappa shape index (κ2) is 13.8. The van der Waals surface area contributed by atoms with Crippen LogP contribution in [0.4, 0.5) is 0 Å².